The molecule has 0 N–H and O–H groups in total. The molecule has 0 radical (unpaired) electrons. The number of hydrogen-bond donors (Lipinski definition) is 0. The Bertz CT molecular complexity index is 1750. The molecule has 49 heavy (non-hydrogen) atoms. The monoisotopic (exact) mass is 690 g/mol. The minimum Gasteiger partial charge on any atom is -0.486 e. The molecule has 2 fully saturated rings. The molecule has 1 unspecified atom stereocenters. The van der Waals surface area contributed by atoms with E-state index in [9.17, 15) is 10.1 Å². The lowest BCUT2D eigenvalue weighted by molar-refractivity contribution is -0.0222. The Morgan fingerprint density at radius 1 is 1.27 bits per heavy atom. The van der Waals surface area contributed by atoms with Crippen molar-refractivity contribution in [3.05, 3.63) is 34.0 Å². The Balaban J connectivity index is 1.29. The second-order valence-electron chi connectivity index (χ2n) is 14.7. The number of likely N-dealkylation sites (tertiary alicyclic amines) is 2. The lowest BCUT2D eigenvalue weighted by Gasteiger charge is -2.39. The second kappa shape index (κ2) is 13.6. The standard InChI is InChI=1S/C35H46N8O5S/c1-21(26-11-10-14-42(26)8)45-28-16-22(46-23-18-43(19-23)33(44)47-34(2,3)4)15-25(38-28)30-39-32(48-40-30)35(5)13-9-12-27-29(35)24(17-36)31(49-27)37-20-41(6)7/h15-16,20-21,23,26H,9-14,18-19H2,1-8H3/b37-20+/t21-,26?,35-/m0/s1. The van der Waals surface area contributed by atoms with Gasteiger partial charge in [0.1, 0.15) is 40.3 Å². The fourth-order valence-electron chi connectivity index (χ4n) is 6.78. The van der Waals surface area contributed by atoms with E-state index in [1.807, 2.05) is 39.8 Å². The van der Waals surface area contributed by atoms with Crippen molar-refractivity contribution in [1.29, 1.82) is 5.26 Å². The zero-order valence-electron chi connectivity index (χ0n) is 29.6. The second-order valence-corrected chi connectivity index (χ2v) is 15.8. The molecule has 0 aromatic carbocycles. The van der Waals surface area contributed by atoms with E-state index >= 15 is 0 Å². The van der Waals surface area contributed by atoms with Gasteiger partial charge in [0.2, 0.25) is 17.6 Å². The van der Waals surface area contributed by atoms with Gasteiger partial charge in [-0.05, 0) is 80.3 Å². The van der Waals surface area contributed by atoms with E-state index in [0.29, 0.717) is 52.7 Å². The highest BCUT2D eigenvalue weighted by Gasteiger charge is 2.43. The number of carbonyl (C=O) groups is 1. The van der Waals surface area contributed by atoms with E-state index in [-0.39, 0.29) is 24.3 Å². The molecule has 1 aliphatic carbocycles. The van der Waals surface area contributed by atoms with Gasteiger partial charge >= 0.3 is 6.09 Å². The fraction of sp³-hybridized carbons (Fsp3) is 0.600. The molecular weight excluding hydrogens is 645 g/mol. The van der Waals surface area contributed by atoms with Gasteiger partial charge in [0.25, 0.3) is 0 Å². The van der Waals surface area contributed by atoms with Crippen LogP contribution < -0.4 is 9.47 Å². The van der Waals surface area contributed by atoms with Gasteiger partial charge in [0.15, 0.2) is 0 Å². The number of ether oxygens (including phenoxy) is 3. The van der Waals surface area contributed by atoms with Crippen LogP contribution in [0.4, 0.5) is 9.80 Å². The van der Waals surface area contributed by atoms with Crippen molar-refractivity contribution in [1.82, 2.24) is 29.8 Å². The van der Waals surface area contributed by atoms with Crippen LogP contribution in [-0.4, -0.2) is 107 Å². The summed E-state index contributed by atoms with van der Waals surface area (Å²) < 4.78 is 24.2. The first-order valence-corrected chi connectivity index (χ1v) is 17.7. The normalized spacial score (nSPS) is 22.0. The number of nitrogens with zero attached hydrogens (tertiary/aromatic N) is 8. The van der Waals surface area contributed by atoms with Crippen molar-refractivity contribution in [2.75, 3.05) is 40.8 Å². The summed E-state index contributed by atoms with van der Waals surface area (Å²) in [6.45, 7) is 11.5. The van der Waals surface area contributed by atoms with E-state index in [1.165, 1.54) is 0 Å². The lowest BCUT2D eigenvalue weighted by atomic mass is 9.72. The first-order chi connectivity index (χ1) is 23.2. The molecule has 6 rings (SSSR count). The number of aromatic nitrogens is 3. The number of amides is 1. The summed E-state index contributed by atoms with van der Waals surface area (Å²) in [5.41, 5.74) is 0.672. The average molecular weight is 691 g/mol. The smallest absolute Gasteiger partial charge is 0.410 e. The predicted octanol–water partition coefficient (Wildman–Crippen LogP) is 5.79. The van der Waals surface area contributed by atoms with Gasteiger partial charge in [0, 0.05) is 42.7 Å². The maximum absolute atomic E-state index is 12.5. The van der Waals surface area contributed by atoms with E-state index < -0.39 is 11.0 Å². The third-order valence-electron chi connectivity index (χ3n) is 9.24. The molecule has 0 saturated carbocycles. The van der Waals surface area contributed by atoms with Crippen molar-refractivity contribution in [2.45, 2.75) is 96.0 Å². The summed E-state index contributed by atoms with van der Waals surface area (Å²) in [4.78, 5) is 33.7. The Hall–Kier alpha value is -4.22. The molecule has 2 saturated heterocycles. The van der Waals surface area contributed by atoms with Crippen LogP contribution in [0.2, 0.25) is 0 Å². The predicted molar refractivity (Wildman–Crippen MR) is 186 cm³/mol. The third-order valence-corrected chi connectivity index (χ3v) is 10.4. The van der Waals surface area contributed by atoms with Gasteiger partial charge in [0.05, 0.1) is 30.4 Å². The SMILES string of the molecule is C[C@H](Oc1cc(OC2CN(C(=O)OC(C)(C)C)C2)cc(-c2noc([C@@]3(C)CCCc4sc(/N=C/N(C)C)c(C#N)c43)n2)n1)C1CCCN1C. The maximum atomic E-state index is 12.5. The first-order valence-electron chi connectivity index (χ1n) is 16.9. The summed E-state index contributed by atoms with van der Waals surface area (Å²) in [5, 5.41) is 15.3. The first kappa shape index (κ1) is 34.6. The van der Waals surface area contributed by atoms with Crippen LogP contribution >= 0.6 is 11.3 Å². The van der Waals surface area contributed by atoms with Crippen molar-refractivity contribution in [3.8, 4) is 29.2 Å². The van der Waals surface area contributed by atoms with Gasteiger partial charge in [-0.3, -0.25) is 4.90 Å². The van der Waals surface area contributed by atoms with Gasteiger partial charge in [-0.15, -0.1) is 11.3 Å². The Labute approximate surface area is 291 Å². The zero-order valence-corrected chi connectivity index (χ0v) is 30.5. The topological polar surface area (TPSA) is 142 Å². The zero-order chi connectivity index (χ0) is 35.1. The number of hydrogen-bond acceptors (Lipinski definition) is 12. The summed E-state index contributed by atoms with van der Waals surface area (Å²) in [7, 11) is 5.91. The van der Waals surface area contributed by atoms with Gasteiger partial charge in [-0.1, -0.05) is 5.16 Å². The molecule has 0 spiro atoms. The number of aryl methyl sites for hydroxylation is 1. The van der Waals surface area contributed by atoms with E-state index in [4.69, 9.17) is 28.7 Å². The Kier molecular flexibility index (Phi) is 9.61. The van der Waals surface area contributed by atoms with Crippen LogP contribution in [-0.2, 0) is 16.6 Å². The average Bonchev–Trinajstić information content (AvgIpc) is 3.75. The number of pyridine rings is 1. The molecule has 2 aliphatic heterocycles. The highest BCUT2D eigenvalue weighted by Crippen LogP contribution is 2.50. The fourth-order valence-corrected chi connectivity index (χ4v) is 8.04. The van der Waals surface area contributed by atoms with Crippen LogP contribution in [0.3, 0.4) is 0 Å². The molecule has 3 aromatic rings. The Morgan fingerprint density at radius 3 is 2.71 bits per heavy atom. The van der Waals surface area contributed by atoms with Crippen LogP contribution in [0, 0.1) is 11.3 Å². The summed E-state index contributed by atoms with van der Waals surface area (Å²) >= 11 is 1.55. The van der Waals surface area contributed by atoms with E-state index in [1.54, 1.807) is 34.7 Å². The third kappa shape index (κ3) is 7.38. The van der Waals surface area contributed by atoms with Crippen molar-refractivity contribution in [3.63, 3.8) is 0 Å². The molecule has 3 aliphatic rings. The van der Waals surface area contributed by atoms with Crippen molar-refractivity contribution < 1.29 is 23.5 Å². The molecule has 1 amide bonds. The van der Waals surface area contributed by atoms with Crippen molar-refractivity contribution in [2.24, 2.45) is 4.99 Å². The number of carbonyl (C=O) groups excluding carboxylic acids is 1. The maximum Gasteiger partial charge on any atom is 0.410 e. The van der Waals surface area contributed by atoms with Crippen LogP contribution in [0.25, 0.3) is 11.5 Å². The minimum absolute atomic E-state index is 0.109. The molecule has 3 atom stereocenters. The number of thiophene rings is 1. The van der Waals surface area contributed by atoms with Crippen LogP contribution in [0.1, 0.15) is 82.2 Å². The molecule has 5 heterocycles. The van der Waals surface area contributed by atoms with E-state index in [2.05, 4.69) is 42.0 Å². The van der Waals surface area contributed by atoms with E-state index in [0.717, 1.165) is 49.1 Å². The van der Waals surface area contributed by atoms with Crippen LogP contribution in [0.5, 0.6) is 11.6 Å². The molecule has 14 heteroatoms. The molecule has 13 nitrogen and oxygen atoms in total. The van der Waals surface area contributed by atoms with Gasteiger partial charge in [-0.25, -0.2) is 14.8 Å². The largest absolute Gasteiger partial charge is 0.486 e. The van der Waals surface area contributed by atoms with Gasteiger partial charge in [-0.2, -0.15) is 10.2 Å². The number of likely N-dealkylation sites (N-methyl/N-ethyl adjacent to an activating group) is 1. The highest BCUT2D eigenvalue weighted by molar-refractivity contribution is 7.16. The molecule has 262 valence electrons. The summed E-state index contributed by atoms with van der Waals surface area (Å²) in [6, 6.07) is 6.23. The van der Waals surface area contributed by atoms with Gasteiger partial charge < -0.3 is 28.5 Å². The summed E-state index contributed by atoms with van der Waals surface area (Å²) in [5.74, 6) is 1.65. The quantitative estimate of drug-likeness (QED) is 0.199. The highest BCUT2D eigenvalue weighted by atomic mass is 32.1. The number of nitriles is 1. The lowest BCUT2D eigenvalue weighted by Crippen LogP contribution is -2.57. The minimum atomic E-state index is -0.668. The number of fused-ring (bicyclic) bond motifs is 1. The van der Waals surface area contributed by atoms with Crippen LogP contribution in [0.15, 0.2) is 21.6 Å². The molecule has 3 aromatic heterocycles. The van der Waals surface area contributed by atoms with Crippen molar-refractivity contribution >= 4 is 28.8 Å². The Morgan fingerprint density at radius 2 is 2.04 bits per heavy atom. The number of rotatable bonds is 9. The molecule has 0 bridgehead atoms. The number of aliphatic imine (C=N–C) groups is 1. The summed E-state index contributed by atoms with van der Waals surface area (Å²) in [6.07, 6.45) is 5.73. The molecular formula is C35H46N8O5S.